The molecule has 2 aromatic carbocycles. The Kier molecular flexibility index (Phi) is 12.1. The quantitative estimate of drug-likeness (QED) is 0.0941. The molecule has 0 spiro atoms. The summed E-state index contributed by atoms with van der Waals surface area (Å²) in [5.41, 5.74) is 4.39. The molecule has 0 unspecified atom stereocenters. The van der Waals surface area contributed by atoms with E-state index in [1.165, 1.54) is 62.4 Å². The van der Waals surface area contributed by atoms with E-state index in [1.54, 1.807) is 0 Å². The van der Waals surface area contributed by atoms with Crippen LogP contribution in [0.25, 0.3) is 51.6 Å². The largest absolute Gasteiger partial charge is 0.512 e. The Morgan fingerprint density at radius 2 is 1.47 bits per heavy atom. The van der Waals surface area contributed by atoms with E-state index in [9.17, 15) is 9.90 Å². The first-order chi connectivity index (χ1) is 22.6. The van der Waals surface area contributed by atoms with E-state index < -0.39 is 0 Å². The van der Waals surface area contributed by atoms with Gasteiger partial charge in [0.1, 0.15) is 5.76 Å². The fourth-order valence-electron chi connectivity index (χ4n) is 6.11. The standard InChI is InChI=1S/C27H22NS3.C15H28O2.Ir/c1-14-15(2)30-22-13-23-20(12-19(14)22)18-6-8-28-24(26(18)31-23)17-10-16-7-9-29-25(16)21(11-17)27(3,4)5;1-7-14(5,8-2)12(16)11-13(17)15(6,9-3)10-4;/h6-9,11-13H,1-5H3;11,16H,7-10H2,1-6H3;/q-1;;/b;12-11-;. The van der Waals surface area contributed by atoms with Crippen LogP contribution in [-0.2, 0) is 30.3 Å². The molecular weight excluding hydrogens is 839 g/mol. The summed E-state index contributed by atoms with van der Waals surface area (Å²) >= 11 is 5.57. The number of aliphatic hydroxyl groups is 1. The maximum atomic E-state index is 12.2. The topological polar surface area (TPSA) is 50.2 Å². The number of fused-ring (bicyclic) bond motifs is 5. The number of aromatic nitrogens is 1. The maximum absolute atomic E-state index is 12.2. The summed E-state index contributed by atoms with van der Waals surface area (Å²) in [6, 6.07) is 15.1. The predicted octanol–water partition coefficient (Wildman–Crippen LogP) is 13.9. The van der Waals surface area contributed by atoms with Crippen LogP contribution in [0.1, 0.15) is 104 Å². The first kappa shape index (κ1) is 39.4. The van der Waals surface area contributed by atoms with Crippen LogP contribution in [0.5, 0.6) is 0 Å². The minimum Gasteiger partial charge on any atom is -0.512 e. The zero-order valence-electron chi connectivity index (χ0n) is 30.8. The summed E-state index contributed by atoms with van der Waals surface area (Å²) in [6.07, 6.45) is 6.71. The van der Waals surface area contributed by atoms with Crippen LogP contribution in [0.4, 0.5) is 0 Å². The number of pyridine rings is 1. The molecule has 7 heteroatoms. The van der Waals surface area contributed by atoms with Gasteiger partial charge in [0.25, 0.3) is 0 Å². The number of hydrogen-bond donors (Lipinski definition) is 1. The summed E-state index contributed by atoms with van der Waals surface area (Å²) in [5, 5.41) is 17.5. The molecule has 0 saturated heterocycles. The Labute approximate surface area is 318 Å². The molecule has 4 heterocycles. The Balaban J connectivity index is 0.000000260. The summed E-state index contributed by atoms with van der Waals surface area (Å²) in [6.45, 7) is 23.4. The summed E-state index contributed by atoms with van der Waals surface area (Å²) in [5.74, 6) is 0.286. The first-order valence-corrected chi connectivity index (χ1v) is 19.7. The first-order valence-electron chi connectivity index (χ1n) is 17.2. The Hall–Kier alpha value is -2.41. The zero-order valence-corrected chi connectivity index (χ0v) is 35.7. The zero-order chi connectivity index (χ0) is 35.2. The molecule has 1 N–H and O–H groups in total. The number of aliphatic hydroxyl groups excluding tert-OH is 1. The third-order valence-electron chi connectivity index (χ3n) is 10.8. The van der Waals surface area contributed by atoms with Gasteiger partial charge < -0.3 is 5.11 Å². The van der Waals surface area contributed by atoms with Crippen LogP contribution >= 0.6 is 34.0 Å². The number of carbonyl (C=O) groups is 1. The molecule has 3 nitrogen and oxygen atoms in total. The predicted molar refractivity (Wildman–Crippen MR) is 213 cm³/mol. The van der Waals surface area contributed by atoms with E-state index in [-0.39, 0.29) is 47.9 Å². The van der Waals surface area contributed by atoms with Gasteiger partial charge >= 0.3 is 0 Å². The van der Waals surface area contributed by atoms with E-state index >= 15 is 0 Å². The van der Waals surface area contributed by atoms with Crippen LogP contribution in [0.2, 0.25) is 0 Å². The minimum absolute atomic E-state index is 0. The molecule has 6 aromatic rings. The number of thiophene rings is 3. The van der Waals surface area contributed by atoms with Gasteiger partial charge in [-0.3, -0.25) is 9.78 Å². The van der Waals surface area contributed by atoms with Crippen molar-refractivity contribution in [3.8, 4) is 11.3 Å². The number of benzene rings is 2. The molecule has 49 heavy (non-hydrogen) atoms. The van der Waals surface area contributed by atoms with Gasteiger partial charge in [-0.25, -0.2) is 0 Å². The smallest absolute Gasteiger partial charge is 0.164 e. The molecule has 0 fully saturated rings. The number of allylic oxidation sites excluding steroid dienone is 2. The number of aryl methyl sites for hydroxylation is 2. The van der Waals surface area contributed by atoms with Gasteiger partial charge in [-0.2, -0.15) is 11.3 Å². The van der Waals surface area contributed by atoms with Crippen LogP contribution in [0, 0.1) is 30.7 Å². The second-order valence-electron chi connectivity index (χ2n) is 14.7. The number of ketones is 1. The van der Waals surface area contributed by atoms with Crippen LogP contribution < -0.4 is 0 Å². The van der Waals surface area contributed by atoms with Crippen molar-refractivity contribution in [1.29, 1.82) is 0 Å². The molecule has 4 aromatic heterocycles. The molecule has 0 aliphatic heterocycles. The molecule has 0 saturated carbocycles. The van der Waals surface area contributed by atoms with Gasteiger partial charge in [0.05, 0.1) is 0 Å². The number of carbonyl (C=O) groups excluding carboxylic acids is 1. The molecule has 1 radical (unpaired) electrons. The summed E-state index contributed by atoms with van der Waals surface area (Å²) in [7, 11) is 0. The fraction of sp³-hybridized carbons (Fsp3) is 0.429. The third-order valence-corrected chi connectivity index (χ3v) is 14.1. The molecule has 0 atom stereocenters. The Morgan fingerprint density at radius 3 is 2.08 bits per heavy atom. The van der Waals surface area contributed by atoms with E-state index in [1.807, 2.05) is 81.7 Å². The van der Waals surface area contributed by atoms with Gasteiger partial charge in [0.15, 0.2) is 5.78 Å². The van der Waals surface area contributed by atoms with Gasteiger partial charge in [0, 0.05) is 73.3 Å². The Bertz CT molecular complexity index is 2150. The minimum atomic E-state index is -0.337. The van der Waals surface area contributed by atoms with E-state index in [4.69, 9.17) is 4.98 Å². The second-order valence-corrected chi connectivity index (χ2v) is 17.9. The molecule has 0 aliphatic carbocycles. The van der Waals surface area contributed by atoms with Gasteiger partial charge in [0.2, 0.25) is 0 Å². The molecule has 0 aliphatic rings. The van der Waals surface area contributed by atoms with Crippen molar-refractivity contribution < 1.29 is 30.0 Å². The monoisotopic (exact) mass is 889 g/mol. The van der Waals surface area contributed by atoms with Crippen LogP contribution in [0.3, 0.4) is 0 Å². The molecule has 6 rings (SSSR count). The van der Waals surface area contributed by atoms with E-state index in [0.717, 1.165) is 36.9 Å². The van der Waals surface area contributed by atoms with Gasteiger partial charge in [-0.1, -0.05) is 73.4 Å². The number of nitrogens with zero attached hydrogens (tertiary/aromatic N) is 1. The Morgan fingerprint density at radius 1 is 0.837 bits per heavy atom. The molecule has 0 amide bonds. The van der Waals surface area contributed by atoms with Gasteiger partial charge in [-0.05, 0) is 89.6 Å². The van der Waals surface area contributed by atoms with Crippen molar-refractivity contribution in [2.45, 2.75) is 107 Å². The summed E-state index contributed by atoms with van der Waals surface area (Å²) < 4.78 is 5.32. The molecule has 263 valence electrons. The number of rotatable bonds is 8. The average Bonchev–Trinajstić information content (AvgIpc) is 3.77. The fourth-order valence-corrected chi connectivity index (χ4v) is 9.57. The third kappa shape index (κ3) is 7.48. The SMILES string of the molecule is CCC(C)(CC)C(=O)/C=C(\O)C(C)(CC)CC.Cc1sc2cc3sc4c(-c5[c-]c6ccsc6c(C(C)(C)C)c5)nccc4c3cc2c1C.[Ir]. The van der Waals surface area contributed by atoms with Crippen LogP contribution in [-0.4, -0.2) is 15.9 Å². The van der Waals surface area contributed by atoms with Crippen molar-refractivity contribution in [2.24, 2.45) is 10.8 Å². The van der Waals surface area contributed by atoms with Crippen LogP contribution in [0.15, 0.2) is 53.7 Å². The van der Waals surface area contributed by atoms with Crippen molar-refractivity contribution in [1.82, 2.24) is 4.98 Å². The van der Waals surface area contributed by atoms with Gasteiger partial charge in [-0.15, -0.1) is 46.3 Å². The molecular formula is C42H50IrNO2S3-. The van der Waals surface area contributed by atoms with Crippen molar-refractivity contribution in [2.75, 3.05) is 0 Å². The number of hydrogen-bond acceptors (Lipinski definition) is 6. The normalized spacial score (nSPS) is 12.8. The van der Waals surface area contributed by atoms with Crippen molar-refractivity contribution in [3.63, 3.8) is 0 Å². The maximum Gasteiger partial charge on any atom is 0.164 e. The van der Waals surface area contributed by atoms with E-state index in [0.29, 0.717) is 0 Å². The van der Waals surface area contributed by atoms with Crippen molar-refractivity contribution >= 4 is 80.1 Å². The van der Waals surface area contributed by atoms with E-state index in [2.05, 4.69) is 76.4 Å². The summed E-state index contributed by atoms with van der Waals surface area (Å²) in [4.78, 5) is 18.5. The average molecular weight is 889 g/mol. The second kappa shape index (κ2) is 15.1. The van der Waals surface area contributed by atoms with Crippen molar-refractivity contribution in [3.05, 3.63) is 75.8 Å². The molecule has 0 bridgehead atoms.